The van der Waals surface area contributed by atoms with Gasteiger partial charge in [0.2, 0.25) is 5.91 Å². The molecule has 45 heavy (non-hydrogen) atoms. The van der Waals surface area contributed by atoms with Crippen molar-refractivity contribution in [3.05, 3.63) is 33.4 Å². The van der Waals surface area contributed by atoms with E-state index in [1.165, 1.54) is 14.2 Å². The number of hydrogen-bond acceptors (Lipinski definition) is 11. The van der Waals surface area contributed by atoms with Crippen molar-refractivity contribution >= 4 is 11.9 Å². The second kappa shape index (κ2) is 11.5. The number of carbonyl (C=O) groups excluding carboxylic acids is 2. The molecule has 5 rings (SSSR count). The number of amides is 1. The predicted octanol–water partition coefficient (Wildman–Crippen LogP) is 3.54. The number of aromatic hydroxyl groups is 1. The molecule has 0 aromatic heterocycles. The van der Waals surface area contributed by atoms with Gasteiger partial charge in [0.05, 0.1) is 65.1 Å². The lowest BCUT2D eigenvalue weighted by atomic mass is 9.72. The summed E-state index contributed by atoms with van der Waals surface area (Å²) in [6.45, 7) is 8.52. The van der Waals surface area contributed by atoms with Crippen LogP contribution in [0.15, 0.2) is 0 Å². The summed E-state index contributed by atoms with van der Waals surface area (Å²) >= 11 is 0. The smallest absolute Gasteiger partial charge is 0.311 e. The fourth-order valence-corrected chi connectivity index (χ4v) is 7.46. The SMILES string of the molecule is COc1c(C)c(OC)c(OC)c2c1C[C@H]1C(=O)N3[C@@H](COC(=O)C(C)(C)C)c4c(OC)c(OC)c(C)c(O)c4C(O)[C@H]3[C@H]2N1C. The number of piperazine rings is 1. The first-order valence-corrected chi connectivity index (χ1v) is 14.9. The molecule has 12 heteroatoms. The van der Waals surface area contributed by atoms with E-state index in [1.54, 1.807) is 53.9 Å². The maximum atomic E-state index is 14.7. The van der Waals surface area contributed by atoms with Gasteiger partial charge < -0.3 is 43.5 Å². The first-order valence-electron chi connectivity index (χ1n) is 14.9. The van der Waals surface area contributed by atoms with E-state index in [-0.39, 0.29) is 35.3 Å². The number of benzene rings is 2. The van der Waals surface area contributed by atoms with Crippen LogP contribution in [0.3, 0.4) is 0 Å². The molecule has 2 aromatic rings. The zero-order valence-corrected chi connectivity index (χ0v) is 27.9. The van der Waals surface area contributed by atoms with Crippen molar-refractivity contribution in [3.63, 3.8) is 0 Å². The zero-order chi connectivity index (χ0) is 33.3. The molecule has 3 aliphatic rings. The molecule has 0 saturated carbocycles. The fraction of sp³-hybridized carbons (Fsp3) is 0.576. The van der Waals surface area contributed by atoms with Gasteiger partial charge >= 0.3 is 5.97 Å². The molecule has 12 nitrogen and oxygen atoms in total. The Morgan fingerprint density at radius 2 is 1.38 bits per heavy atom. The maximum absolute atomic E-state index is 14.7. The summed E-state index contributed by atoms with van der Waals surface area (Å²) in [6.07, 6.45) is -1.09. The minimum atomic E-state index is -1.39. The zero-order valence-electron chi connectivity index (χ0n) is 27.9. The van der Waals surface area contributed by atoms with Crippen LogP contribution in [0.4, 0.5) is 0 Å². The molecule has 1 saturated heterocycles. The van der Waals surface area contributed by atoms with Crippen LogP contribution in [0.5, 0.6) is 34.5 Å². The third kappa shape index (κ3) is 4.55. The number of methoxy groups -OCH3 is 5. The Morgan fingerprint density at radius 1 is 0.844 bits per heavy atom. The van der Waals surface area contributed by atoms with Crippen LogP contribution in [0.2, 0.25) is 0 Å². The van der Waals surface area contributed by atoms with Crippen molar-refractivity contribution < 1.29 is 48.2 Å². The Hall–Kier alpha value is -3.90. The molecule has 1 unspecified atom stereocenters. The van der Waals surface area contributed by atoms with Crippen molar-refractivity contribution in [2.24, 2.45) is 5.41 Å². The summed E-state index contributed by atoms with van der Waals surface area (Å²) in [5.41, 5.74) is 2.28. The van der Waals surface area contributed by atoms with Gasteiger partial charge in [0.1, 0.15) is 24.2 Å². The lowest BCUT2D eigenvalue weighted by Gasteiger charge is -2.58. The van der Waals surface area contributed by atoms with Crippen LogP contribution in [0, 0.1) is 19.3 Å². The average molecular weight is 629 g/mol. The van der Waals surface area contributed by atoms with Crippen LogP contribution >= 0.6 is 0 Å². The molecule has 2 bridgehead atoms. The molecular weight excluding hydrogens is 584 g/mol. The summed E-state index contributed by atoms with van der Waals surface area (Å²) in [4.78, 5) is 31.2. The van der Waals surface area contributed by atoms with Crippen LogP contribution < -0.4 is 23.7 Å². The quantitative estimate of drug-likeness (QED) is 0.436. The fourth-order valence-electron chi connectivity index (χ4n) is 7.46. The average Bonchev–Trinajstić information content (AvgIpc) is 2.99. The highest BCUT2D eigenvalue weighted by molar-refractivity contribution is 5.87. The van der Waals surface area contributed by atoms with Crippen LogP contribution in [0.1, 0.15) is 72.3 Å². The van der Waals surface area contributed by atoms with Gasteiger partial charge in [0.15, 0.2) is 23.0 Å². The first-order chi connectivity index (χ1) is 21.2. The van der Waals surface area contributed by atoms with E-state index >= 15 is 0 Å². The Bertz CT molecular complexity index is 1550. The highest BCUT2D eigenvalue weighted by atomic mass is 16.5. The number of likely N-dealkylation sites (N-methyl/N-ethyl adjacent to an activating group) is 1. The monoisotopic (exact) mass is 628 g/mol. The molecule has 1 amide bonds. The molecule has 3 aliphatic heterocycles. The number of phenolic OH excluding ortho intramolecular Hbond substituents is 1. The number of esters is 1. The van der Waals surface area contributed by atoms with E-state index in [0.29, 0.717) is 40.4 Å². The Balaban J connectivity index is 1.84. The third-order valence-corrected chi connectivity index (χ3v) is 9.52. The van der Waals surface area contributed by atoms with Crippen molar-refractivity contribution in [2.75, 3.05) is 49.2 Å². The van der Waals surface area contributed by atoms with Crippen molar-refractivity contribution in [1.82, 2.24) is 9.80 Å². The molecule has 5 atom stereocenters. The minimum absolute atomic E-state index is 0.181. The van der Waals surface area contributed by atoms with Crippen LogP contribution in [-0.2, 0) is 20.7 Å². The number of aliphatic hydroxyl groups is 1. The Morgan fingerprint density at radius 3 is 1.91 bits per heavy atom. The highest BCUT2D eigenvalue weighted by Gasteiger charge is 2.59. The number of aliphatic hydroxyl groups excluding tert-OH is 1. The molecule has 2 aromatic carbocycles. The Kier molecular flexibility index (Phi) is 8.28. The number of ether oxygens (including phenoxy) is 6. The Labute approximate surface area is 263 Å². The van der Waals surface area contributed by atoms with E-state index in [4.69, 9.17) is 28.4 Å². The third-order valence-electron chi connectivity index (χ3n) is 9.52. The highest BCUT2D eigenvalue weighted by Crippen LogP contribution is 2.60. The summed E-state index contributed by atoms with van der Waals surface area (Å²) in [7, 11) is 9.41. The summed E-state index contributed by atoms with van der Waals surface area (Å²) in [5, 5.41) is 24.0. The van der Waals surface area contributed by atoms with Crippen LogP contribution in [0.25, 0.3) is 0 Å². The van der Waals surface area contributed by atoms with E-state index in [0.717, 1.165) is 11.1 Å². The minimum Gasteiger partial charge on any atom is -0.507 e. The van der Waals surface area contributed by atoms with E-state index in [1.807, 2.05) is 18.9 Å². The van der Waals surface area contributed by atoms with Gasteiger partial charge in [-0.15, -0.1) is 0 Å². The standard InChI is InChI=1S/C33H44N2O10/c1-14-24(36)21-20(30(44-11)27(14)41-8)18(13-45-32(39)33(3,4)5)35-23(25(21)37)22-19-16(12-17(31(35)38)34(22)6)26(40-7)15(2)28(42-9)29(19)43-10/h17-18,22-23,25,36-37H,12-13H2,1-11H3/t17-,18-,22-,23+,25?/m0/s1. The van der Waals surface area contributed by atoms with Crippen LogP contribution in [-0.4, -0.2) is 93.2 Å². The molecule has 246 valence electrons. The molecule has 0 spiro atoms. The van der Waals surface area contributed by atoms with Gasteiger partial charge in [-0.25, -0.2) is 0 Å². The lowest BCUT2D eigenvalue weighted by Crippen LogP contribution is -2.68. The van der Waals surface area contributed by atoms with Gasteiger partial charge in [0.25, 0.3) is 0 Å². The topological polar surface area (TPSA) is 136 Å². The van der Waals surface area contributed by atoms with Gasteiger partial charge in [-0.2, -0.15) is 0 Å². The normalized spacial score (nSPS) is 23.9. The van der Waals surface area contributed by atoms with Crippen molar-refractivity contribution in [2.45, 2.75) is 71.3 Å². The van der Waals surface area contributed by atoms with E-state index in [2.05, 4.69) is 0 Å². The molecule has 3 heterocycles. The van der Waals surface area contributed by atoms with E-state index < -0.39 is 41.7 Å². The van der Waals surface area contributed by atoms with Crippen molar-refractivity contribution in [3.8, 4) is 34.5 Å². The first kappa shape index (κ1) is 32.5. The van der Waals surface area contributed by atoms with Gasteiger partial charge in [-0.3, -0.25) is 14.5 Å². The van der Waals surface area contributed by atoms with Gasteiger partial charge in [0, 0.05) is 39.8 Å². The predicted molar refractivity (Wildman–Crippen MR) is 164 cm³/mol. The van der Waals surface area contributed by atoms with Gasteiger partial charge in [-0.05, 0) is 41.7 Å². The molecular formula is C33H44N2O10. The number of nitrogens with zero attached hydrogens (tertiary/aromatic N) is 2. The van der Waals surface area contributed by atoms with E-state index in [9.17, 15) is 19.8 Å². The summed E-state index contributed by atoms with van der Waals surface area (Å²) in [5.74, 6) is 1.09. The maximum Gasteiger partial charge on any atom is 0.311 e. The molecule has 2 N–H and O–H groups in total. The number of rotatable bonds is 7. The molecule has 0 radical (unpaired) electrons. The number of hydrogen-bond donors (Lipinski definition) is 2. The lowest BCUT2D eigenvalue weighted by molar-refractivity contribution is -0.173. The number of fused-ring (bicyclic) bond motifs is 7. The van der Waals surface area contributed by atoms with Gasteiger partial charge in [-0.1, -0.05) is 0 Å². The summed E-state index contributed by atoms with van der Waals surface area (Å²) in [6, 6.07) is -3.15. The largest absolute Gasteiger partial charge is 0.507 e. The second-order valence-electron chi connectivity index (χ2n) is 12.9. The number of carbonyl (C=O) groups is 2. The van der Waals surface area contributed by atoms with Crippen molar-refractivity contribution in [1.29, 1.82) is 0 Å². The second-order valence-corrected chi connectivity index (χ2v) is 12.9. The summed E-state index contributed by atoms with van der Waals surface area (Å²) < 4.78 is 35.0. The number of phenols is 1. The molecule has 0 aliphatic carbocycles. The molecule has 1 fully saturated rings.